The monoisotopic (exact) mass is 520 g/mol. The molecule has 36 heavy (non-hydrogen) atoms. The number of aryl methyl sites for hydroxylation is 1. The van der Waals surface area contributed by atoms with Crippen LogP contribution in [-0.4, -0.2) is 76.4 Å². The smallest absolute Gasteiger partial charge is 0.279 e. The Morgan fingerprint density at radius 2 is 1.86 bits per heavy atom. The van der Waals surface area contributed by atoms with Gasteiger partial charge in [0.15, 0.2) is 0 Å². The van der Waals surface area contributed by atoms with Gasteiger partial charge in [-0.2, -0.15) is 22.4 Å². The normalized spacial score (nSPS) is 27.0. The number of fused-ring (bicyclic) bond motifs is 1. The molecule has 1 aliphatic carbocycles. The van der Waals surface area contributed by atoms with Crippen molar-refractivity contribution in [2.24, 2.45) is 0 Å². The maximum Gasteiger partial charge on any atom is 0.279 e. The molecule has 3 N–H and O–H groups in total. The molecule has 0 bridgehead atoms. The van der Waals surface area contributed by atoms with Gasteiger partial charge in [0.05, 0.1) is 11.6 Å². The third-order valence-corrected chi connectivity index (χ3v) is 9.48. The summed E-state index contributed by atoms with van der Waals surface area (Å²) in [6.07, 6.45) is 6.53. The largest absolute Gasteiger partial charge is 0.388 e. The predicted molar refractivity (Wildman–Crippen MR) is 136 cm³/mol. The zero-order valence-electron chi connectivity index (χ0n) is 20.9. The number of pyridine rings is 1. The zero-order chi connectivity index (χ0) is 25.5. The number of anilines is 1. The first kappa shape index (κ1) is 25.5. The molecule has 0 aromatic carbocycles. The van der Waals surface area contributed by atoms with E-state index in [-0.39, 0.29) is 23.7 Å². The van der Waals surface area contributed by atoms with Gasteiger partial charge in [0.2, 0.25) is 5.95 Å². The number of hydrogen-bond donors (Lipinski definition) is 3. The number of ether oxygens (including phenoxy) is 1. The Balaban J connectivity index is 1.30. The van der Waals surface area contributed by atoms with Crippen molar-refractivity contribution < 1.29 is 18.3 Å². The van der Waals surface area contributed by atoms with Crippen LogP contribution in [0.4, 0.5) is 5.95 Å². The number of hydrogen-bond acceptors (Lipinski definition) is 8. The number of aromatic nitrogens is 3. The van der Waals surface area contributed by atoms with Gasteiger partial charge in [-0.15, -0.1) is 0 Å². The quantitative estimate of drug-likeness (QED) is 0.520. The van der Waals surface area contributed by atoms with E-state index in [4.69, 9.17) is 9.72 Å². The average molecular weight is 521 g/mol. The van der Waals surface area contributed by atoms with Crippen molar-refractivity contribution in [1.82, 2.24) is 23.6 Å². The van der Waals surface area contributed by atoms with Crippen LogP contribution in [0.2, 0.25) is 0 Å². The first-order valence-corrected chi connectivity index (χ1v) is 14.3. The van der Waals surface area contributed by atoms with Crippen LogP contribution in [-0.2, 0) is 14.9 Å². The average Bonchev–Trinajstić information content (AvgIpc) is 3.19. The van der Waals surface area contributed by atoms with Gasteiger partial charge >= 0.3 is 0 Å². The summed E-state index contributed by atoms with van der Waals surface area (Å²) in [4.78, 5) is 22.3. The molecule has 11 nitrogen and oxygen atoms in total. The van der Waals surface area contributed by atoms with Gasteiger partial charge in [-0.1, -0.05) is 0 Å². The van der Waals surface area contributed by atoms with Crippen molar-refractivity contribution in [1.29, 1.82) is 0 Å². The molecule has 3 fully saturated rings. The van der Waals surface area contributed by atoms with Gasteiger partial charge in [-0.25, -0.2) is 4.98 Å². The second-order valence-electron chi connectivity index (χ2n) is 10.6. The fourth-order valence-electron chi connectivity index (χ4n) is 5.68. The summed E-state index contributed by atoms with van der Waals surface area (Å²) < 4.78 is 36.9. The number of aliphatic hydroxyl groups is 1. The van der Waals surface area contributed by atoms with Gasteiger partial charge in [-0.3, -0.25) is 9.36 Å². The van der Waals surface area contributed by atoms with E-state index < -0.39 is 15.8 Å². The Morgan fingerprint density at radius 3 is 2.53 bits per heavy atom. The Morgan fingerprint density at radius 1 is 1.14 bits per heavy atom. The third kappa shape index (κ3) is 5.14. The fraction of sp³-hybridized carbons (Fsp3) is 0.708. The first-order valence-electron chi connectivity index (χ1n) is 12.9. The van der Waals surface area contributed by atoms with Crippen molar-refractivity contribution in [3.8, 4) is 0 Å². The molecule has 198 valence electrons. The molecule has 0 spiro atoms. The number of nitrogens with one attached hydrogen (secondary N) is 2. The zero-order valence-corrected chi connectivity index (χ0v) is 21.8. The van der Waals surface area contributed by atoms with Gasteiger partial charge in [0, 0.05) is 55.5 Å². The van der Waals surface area contributed by atoms with Crippen LogP contribution in [0.15, 0.2) is 17.1 Å². The topological polar surface area (TPSA) is 139 Å². The third-order valence-electron chi connectivity index (χ3n) is 7.81. The Bertz CT molecular complexity index is 1270. The summed E-state index contributed by atoms with van der Waals surface area (Å²) in [5, 5.41) is 15.0. The number of rotatable bonds is 6. The highest BCUT2D eigenvalue weighted by molar-refractivity contribution is 7.87. The second kappa shape index (κ2) is 9.97. The van der Waals surface area contributed by atoms with Gasteiger partial charge in [0.1, 0.15) is 5.65 Å². The number of nitrogens with zero attached hydrogens (tertiary/aromatic N) is 4. The molecule has 0 amide bonds. The van der Waals surface area contributed by atoms with Crippen molar-refractivity contribution >= 4 is 27.2 Å². The van der Waals surface area contributed by atoms with E-state index in [2.05, 4.69) is 15.0 Å². The lowest BCUT2D eigenvalue weighted by Crippen LogP contribution is -2.50. The van der Waals surface area contributed by atoms with Crippen LogP contribution >= 0.6 is 0 Å². The van der Waals surface area contributed by atoms with Crippen LogP contribution in [0.1, 0.15) is 63.5 Å². The summed E-state index contributed by atoms with van der Waals surface area (Å²) in [5.74, 6) is 0.402. The van der Waals surface area contributed by atoms with Crippen LogP contribution in [0.5, 0.6) is 0 Å². The molecule has 1 unspecified atom stereocenters. The van der Waals surface area contributed by atoms with E-state index in [0.29, 0.717) is 82.0 Å². The molecule has 2 saturated heterocycles. The van der Waals surface area contributed by atoms with Crippen molar-refractivity contribution in [3.63, 3.8) is 0 Å². The first-order chi connectivity index (χ1) is 17.1. The Kier molecular flexibility index (Phi) is 7.07. The van der Waals surface area contributed by atoms with Crippen molar-refractivity contribution in [2.45, 2.75) is 82.5 Å². The summed E-state index contributed by atoms with van der Waals surface area (Å²) in [7, 11) is -3.54. The molecule has 4 heterocycles. The van der Waals surface area contributed by atoms with E-state index in [1.54, 1.807) is 30.7 Å². The Labute approximate surface area is 211 Å². The maximum absolute atomic E-state index is 13.1. The van der Waals surface area contributed by atoms with Crippen LogP contribution in [0.3, 0.4) is 0 Å². The molecule has 2 aromatic heterocycles. The van der Waals surface area contributed by atoms with E-state index in [1.807, 2.05) is 0 Å². The van der Waals surface area contributed by atoms with Crippen LogP contribution < -0.4 is 15.6 Å². The molecule has 2 aromatic rings. The second-order valence-corrected chi connectivity index (χ2v) is 12.3. The van der Waals surface area contributed by atoms with E-state index in [9.17, 15) is 18.3 Å². The molecular formula is C24H36N6O5S. The molecule has 12 heteroatoms. The highest BCUT2D eigenvalue weighted by atomic mass is 32.2. The minimum absolute atomic E-state index is 0.0113. The van der Waals surface area contributed by atoms with Gasteiger partial charge < -0.3 is 15.2 Å². The predicted octanol–water partition coefficient (Wildman–Crippen LogP) is 1.47. The van der Waals surface area contributed by atoms with E-state index >= 15 is 0 Å². The van der Waals surface area contributed by atoms with E-state index in [0.717, 1.165) is 11.8 Å². The highest BCUT2D eigenvalue weighted by Crippen LogP contribution is 2.39. The molecule has 2 atom stereocenters. The standard InChI is InChI=1S/C24H36N6O5S/c1-16-14-17-15-25-23(27-21(17)30(22(16)31)20-4-3-9-24(20,2)32)26-18-5-10-29(11-6-18)36(33,34)28-19-7-12-35-13-8-19/h14-15,18-20,28,32H,3-13H2,1-2H3,(H,25,26,27)/t20?,24-/m0/s1. The van der Waals surface area contributed by atoms with Crippen LogP contribution in [0.25, 0.3) is 11.0 Å². The lowest BCUT2D eigenvalue weighted by Gasteiger charge is -2.33. The molecule has 1 saturated carbocycles. The summed E-state index contributed by atoms with van der Waals surface area (Å²) in [6, 6.07) is 1.38. The lowest BCUT2D eigenvalue weighted by molar-refractivity contribution is 0.0266. The van der Waals surface area contributed by atoms with Crippen molar-refractivity contribution in [2.75, 3.05) is 31.6 Å². The molecular weight excluding hydrogens is 484 g/mol. The van der Waals surface area contributed by atoms with E-state index in [1.165, 1.54) is 4.31 Å². The fourth-order valence-corrected chi connectivity index (χ4v) is 7.18. The highest BCUT2D eigenvalue weighted by Gasteiger charge is 2.39. The van der Waals surface area contributed by atoms with Crippen molar-refractivity contribution in [3.05, 3.63) is 28.2 Å². The summed E-state index contributed by atoms with van der Waals surface area (Å²) in [6.45, 7) is 5.52. The molecule has 2 aliphatic heterocycles. The maximum atomic E-state index is 13.1. The molecule has 5 rings (SSSR count). The molecule has 0 radical (unpaired) electrons. The summed E-state index contributed by atoms with van der Waals surface area (Å²) in [5.41, 5.74) is -0.0108. The lowest BCUT2D eigenvalue weighted by atomic mass is 9.99. The minimum atomic E-state index is -3.54. The number of piperidine rings is 1. The minimum Gasteiger partial charge on any atom is -0.388 e. The summed E-state index contributed by atoms with van der Waals surface area (Å²) >= 11 is 0. The Hall–Kier alpha value is -2.12. The van der Waals surface area contributed by atoms with Gasteiger partial charge in [0.25, 0.3) is 15.8 Å². The van der Waals surface area contributed by atoms with Crippen LogP contribution in [0, 0.1) is 6.92 Å². The SMILES string of the molecule is Cc1cc2cnc(NC3CCN(S(=O)(=O)NC4CCOCC4)CC3)nc2n(C2CCC[C@]2(C)O)c1=O. The molecule has 3 aliphatic rings. The van der Waals surface area contributed by atoms with Gasteiger partial charge in [-0.05, 0) is 64.9 Å².